The van der Waals surface area contributed by atoms with Crippen LogP contribution in [0.15, 0.2) is 36.7 Å². The number of amides is 1. The minimum Gasteiger partial charge on any atom is -0.367 e. The molecule has 1 aromatic heterocycles. The van der Waals surface area contributed by atoms with Crippen molar-refractivity contribution in [2.24, 2.45) is 5.92 Å². The number of aromatic nitrogens is 1. The maximum Gasteiger partial charge on any atom is 0.228 e. The molecule has 1 N–H and O–H groups in total. The van der Waals surface area contributed by atoms with Crippen LogP contribution in [-0.4, -0.2) is 24.0 Å². The lowest BCUT2D eigenvalue weighted by Gasteiger charge is -2.19. The van der Waals surface area contributed by atoms with E-state index >= 15 is 0 Å². The van der Waals surface area contributed by atoms with E-state index in [9.17, 15) is 13.6 Å². The van der Waals surface area contributed by atoms with E-state index in [0.29, 0.717) is 13.1 Å². The van der Waals surface area contributed by atoms with Crippen LogP contribution in [0.5, 0.6) is 0 Å². The van der Waals surface area contributed by atoms with Crippen LogP contribution in [0.25, 0.3) is 0 Å². The van der Waals surface area contributed by atoms with E-state index in [1.54, 1.807) is 17.3 Å². The molecule has 0 unspecified atom stereocenters. The molecule has 2 aliphatic rings. The predicted octanol–water partition coefficient (Wildman–Crippen LogP) is 3.70. The molecule has 130 valence electrons. The first-order chi connectivity index (χ1) is 12.1. The zero-order valence-corrected chi connectivity index (χ0v) is 13.7. The van der Waals surface area contributed by atoms with Gasteiger partial charge in [-0.1, -0.05) is 6.07 Å². The molecular weight excluding hydrogens is 324 g/mol. The monoisotopic (exact) mass is 343 g/mol. The number of pyridine rings is 1. The lowest BCUT2D eigenvalue weighted by molar-refractivity contribution is -0.117. The van der Waals surface area contributed by atoms with Crippen molar-refractivity contribution >= 4 is 17.3 Å². The van der Waals surface area contributed by atoms with Crippen LogP contribution in [0, 0.1) is 17.6 Å². The fourth-order valence-corrected chi connectivity index (χ4v) is 3.56. The van der Waals surface area contributed by atoms with Gasteiger partial charge in [-0.3, -0.25) is 9.78 Å². The minimum absolute atomic E-state index is 0.00940. The van der Waals surface area contributed by atoms with Crippen LogP contribution < -0.4 is 10.2 Å². The zero-order chi connectivity index (χ0) is 17.4. The van der Waals surface area contributed by atoms with Crippen molar-refractivity contribution in [3.8, 4) is 0 Å². The van der Waals surface area contributed by atoms with E-state index in [-0.39, 0.29) is 29.1 Å². The molecule has 2 atom stereocenters. The molecule has 4 rings (SSSR count). The van der Waals surface area contributed by atoms with Crippen LogP contribution in [-0.2, 0) is 4.79 Å². The van der Waals surface area contributed by atoms with Crippen LogP contribution in [0.1, 0.15) is 30.7 Å². The first kappa shape index (κ1) is 16.0. The highest BCUT2D eigenvalue weighted by Crippen LogP contribution is 2.47. The Balaban J connectivity index is 1.45. The Bertz CT molecular complexity index is 768. The van der Waals surface area contributed by atoms with Crippen molar-refractivity contribution in [3.05, 3.63) is 53.9 Å². The summed E-state index contributed by atoms with van der Waals surface area (Å²) in [6, 6.07) is 6.19. The molecule has 0 radical (unpaired) electrons. The van der Waals surface area contributed by atoms with Crippen molar-refractivity contribution in [2.75, 3.05) is 23.3 Å². The third-order valence-electron chi connectivity index (χ3n) is 4.95. The Morgan fingerprint density at radius 3 is 2.56 bits per heavy atom. The number of nitrogens with zero attached hydrogens (tertiary/aromatic N) is 2. The molecule has 1 saturated heterocycles. The molecular formula is C19H19F2N3O. The van der Waals surface area contributed by atoms with Crippen LogP contribution in [0.4, 0.5) is 20.2 Å². The average molecular weight is 343 g/mol. The number of nitrogens with one attached hydrogen (secondary N) is 1. The Kier molecular flexibility index (Phi) is 4.11. The number of hydrogen-bond donors (Lipinski definition) is 1. The average Bonchev–Trinajstić information content (AvgIpc) is 3.23. The summed E-state index contributed by atoms with van der Waals surface area (Å²) in [7, 11) is 0. The van der Waals surface area contributed by atoms with Gasteiger partial charge >= 0.3 is 0 Å². The molecule has 2 aromatic rings. The van der Waals surface area contributed by atoms with Crippen molar-refractivity contribution in [3.63, 3.8) is 0 Å². The summed E-state index contributed by atoms with van der Waals surface area (Å²) in [4.78, 5) is 18.1. The maximum absolute atomic E-state index is 14.3. The standard InChI is InChI=1S/C19H19F2N3O/c20-16-8-13(9-17(21)18(16)24-6-1-2-7-24)23-19(25)15-10-14(15)12-4-3-5-22-11-12/h3-5,8-9,11,14-15H,1-2,6-7,10H2,(H,23,25)/t14-,15-/m1/s1. The molecule has 1 saturated carbocycles. The van der Waals surface area contributed by atoms with Crippen LogP contribution in [0.2, 0.25) is 0 Å². The molecule has 0 spiro atoms. The fourth-order valence-electron chi connectivity index (χ4n) is 3.56. The van der Waals surface area contributed by atoms with Gasteiger partial charge in [0.15, 0.2) is 11.6 Å². The van der Waals surface area contributed by atoms with Gasteiger partial charge in [0.1, 0.15) is 5.69 Å². The summed E-state index contributed by atoms with van der Waals surface area (Å²) in [5, 5.41) is 2.65. The first-order valence-corrected chi connectivity index (χ1v) is 8.58. The summed E-state index contributed by atoms with van der Waals surface area (Å²) in [6.45, 7) is 1.32. The van der Waals surface area contributed by atoms with Gasteiger partial charge < -0.3 is 10.2 Å². The van der Waals surface area contributed by atoms with Gasteiger partial charge in [0.25, 0.3) is 0 Å². The van der Waals surface area contributed by atoms with E-state index < -0.39 is 11.6 Å². The van der Waals surface area contributed by atoms with Gasteiger partial charge in [-0.25, -0.2) is 8.78 Å². The molecule has 2 fully saturated rings. The number of halogens is 2. The third kappa shape index (κ3) is 3.21. The molecule has 2 heterocycles. The van der Waals surface area contributed by atoms with E-state index in [4.69, 9.17) is 0 Å². The summed E-state index contributed by atoms with van der Waals surface area (Å²) in [6.07, 6.45) is 6.05. The normalized spacial score (nSPS) is 22.1. The number of rotatable bonds is 4. The van der Waals surface area contributed by atoms with Crippen molar-refractivity contribution < 1.29 is 13.6 Å². The number of carbonyl (C=O) groups is 1. The second-order valence-electron chi connectivity index (χ2n) is 6.71. The Morgan fingerprint density at radius 1 is 1.20 bits per heavy atom. The van der Waals surface area contributed by atoms with Crippen molar-refractivity contribution in [1.29, 1.82) is 0 Å². The number of anilines is 2. The van der Waals surface area contributed by atoms with Gasteiger partial charge in [-0.05, 0) is 48.9 Å². The molecule has 1 aromatic carbocycles. The first-order valence-electron chi connectivity index (χ1n) is 8.58. The topological polar surface area (TPSA) is 45.2 Å². The molecule has 4 nitrogen and oxygen atoms in total. The van der Waals surface area contributed by atoms with Crippen molar-refractivity contribution in [2.45, 2.75) is 25.2 Å². The Labute approximate surface area is 144 Å². The van der Waals surface area contributed by atoms with Gasteiger partial charge in [-0.2, -0.15) is 0 Å². The summed E-state index contributed by atoms with van der Waals surface area (Å²) in [5.74, 6) is -1.50. The van der Waals surface area contributed by atoms with E-state index in [1.807, 2.05) is 12.1 Å². The summed E-state index contributed by atoms with van der Waals surface area (Å²) in [5.41, 5.74) is 1.19. The van der Waals surface area contributed by atoms with E-state index in [2.05, 4.69) is 10.3 Å². The SMILES string of the molecule is O=C(Nc1cc(F)c(N2CCCC2)c(F)c1)[C@@H]1C[C@@H]1c1cccnc1. The lowest BCUT2D eigenvalue weighted by atomic mass is 10.1. The Hall–Kier alpha value is -2.50. The molecule has 6 heteroatoms. The van der Waals surface area contributed by atoms with Gasteiger partial charge in [-0.15, -0.1) is 0 Å². The third-order valence-corrected chi connectivity index (χ3v) is 4.95. The van der Waals surface area contributed by atoms with E-state index in [0.717, 1.165) is 24.8 Å². The fraction of sp³-hybridized carbons (Fsp3) is 0.368. The maximum atomic E-state index is 14.3. The van der Waals surface area contributed by atoms with Gasteiger partial charge in [0.2, 0.25) is 5.91 Å². The quantitative estimate of drug-likeness (QED) is 0.921. The predicted molar refractivity (Wildman–Crippen MR) is 91.5 cm³/mol. The van der Waals surface area contributed by atoms with Crippen LogP contribution >= 0.6 is 0 Å². The zero-order valence-electron chi connectivity index (χ0n) is 13.7. The summed E-state index contributed by atoms with van der Waals surface area (Å²) < 4.78 is 28.7. The molecule has 0 bridgehead atoms. The lowest BCUT2D eigenvalue weighted by Crippen LogP contribution is -2.21. The number of carbonyl (C=O) groups excluding carboxylic acids is 1. The highest BCUT2D eigenvalue weighted by Gasteiger charge is 2.44. The van der Waals surface area contributed by atoms with Gasteiger partial charge in [0, 0.05) is 37.1 Å². The highest BCUT2D eigenvalue weighted by atomic mass is 19.1. The molecule has 1 amide bonds. The molecule has 1 aliphatic carbocycles. The van der Waals surface area contributed by atoms with Crippen molar-refractivity contribution in [1.82, 2.24) is 4.98 Å². The minimum atomic E-state index is -0.628. The Morgan fingerprint density at radius 2 is 1.92 bits per heavy atom. The number of benzene rings is 1. The second-order valence-corrected chi connectivity index (χ2v) is 6.71. The molecule has 25 heavy (non-hydrogen) atoms. The number of hydrogen-bond acceptors (Lipinski definition) is 3. The van der Waals surface area contributed by atoms with E-state index in [1.165, 1.54) is 12.1 Å². The largest absolute Gasteiger partial charge is 0.367 e. The van der Waals surface area contributed by atoms with Crippen LogP contribution in [0.3, 0.4) is 0 Å². The molecule has 1 aliphatic heterocycles. The van der Waals surface area contributed by atoms with Gasteiger partial charge in [0.05, 0.1) is 0 Å². The highest BCUT2D eigenvalue weighted by molar-refractivity contribution is 5.95. The summed E-state index contributed by atoms with van der Waals surface area (Å²) >= 11 is 0. The second kappa shape index (κ2) is 6.43. The smallest absolute Gasteiger partial charge is 0.228 e.